The van der Waals surface area contributed by atoms with Crippen LogP contribution in [0.25, 0.3) is 0 Å². The Balaban J connectivity index is 2.56. The summed E-state index contributed by atoms with van der Waals surface area (Å²) in [6.45, 7) is 3.48. The van der Waals surface area contributed by atoms with Crippen LogP contribution in [0.15, 0.2) is 48.5 Å². The van der Waals surface area contributed by atoms with Gasteiger partial charge in [0.05, 0.1) is 5.56 Å². The highest BCUT2D eigenvalue weighted by Gasteiger charge is 2.59. The van der Waals surface area contributed by atoms with Crippen molar-refractivity contribution in [2.45, 2.75) is 25.6 Å². The summed E-state index contributed by atoms with van der Waals surface area (Å²) in [5.41, 5.74) is -2.13. The second kappa shape index (κ2) is 8.01. The first-order chi connectivity index (χ1) is 13.1. The number of aryl methyl sites for hydroxylation is 2. The highest BCUT2D eigenvalue weighted by atomic mass is 16.6. The molecule has 0 amide bonds. The molecular formula is C20H18O8. The number of aliphatic carboxylic acids is 2. The quantitative estimate of drug-likeness (QED) is 0.371. The predicted molar refractivity (Wildman–Crippen MR) is 96.1 cm³/mol. The molecule has 8 nitrogen and oxygen atoms in total. The number of carboxylic acid groups (broad SMARTS) is 2. The maximum atomic E-state index is 12.9. The Morgan fingerprint density at radius 3 is 1.64 bits per heavy atom. The molecule has 0 aliphatic carbocycles. The van der Waals surface area contributed by atoms with Gasteiger partial charge in [0.15, 0.2) is 0 Å². The molecule has 2 aromatic carbocycles. The zero-order valence-electron chi connectivity index (χ0n) is 15.1. The van der Waals surface area contributed by atoms with Crippen LogP contribution in [0.4, 0.5) is 0 Å². The first-order valence-corrected chi connectivity index (χ1v) is 8.15. The Hall–Kier alpha value is -3.52. The molecule has 8 heteroatoms. The van der Waals surface area contributed by atoms with E-state index in [9.17, 15) is 29.4 Å². The molecule has 0 heterocycles. The van der Waals surface area contributed by atoms with Gasteiger partial charge in [-0.3, -0.25) is 4.79 Å². The van der Waals surface area contributed by atoms with Crippen LogP contribution in [-0.4, -0.2) is 50.7 Å². The van der Waals surface area contributed by atoms with Crippen LogP contribution in [0.5, 0.6) is 0 Å². The normalized spacial score (nSPS) is 13.8. The van der Waals surface area contributed by atoms with Crippen molar-refractivity contribution < 1.29 is 39.2 Å². The van der Waals surface area contributed by atoms with Crippen LogP contribution in [0.2, 0.25) is 0 Å². The highest BCUT2D eigenvalue weighted by Crippen LogP contribution is 2.26. The van der Waals surface area contributed by atoms with Gasteiger partial charge in [0, 0.05) is 5.56 Å². The largest absolute Gasteiger partial charge is 0.479 e. The standard InChI is InChI=1S/C20H18O8/c1-11-3-7-13(8-4-11)15(21)20(19(26)27,16(22)17(23)24)28-18(25)14-9-5-12(2)6-10-14/h3-10,16,22H,1-2H3,(H,23,24)(H,26,27)/t16?,20-/m1/s1. The van der Waals surface area contributed by atoms with E-state index in [1.807, 2.05) is 0 Å². The van der Waals surface area contributed by atoms with Gasteiger partial charge in [-0.2, -0.15) is 0 Å². The van der Waals surface area contributed by atoms with Crippen LogP contribution < -0.4 is 0 Å². The SMILES string of the molecule is Cc1ccc(C(=O)O[C@](C(=O)O)(C(=O)c2ccc(C)cc2)C(O)C(=O)O)cc1. The zero-order chi connectivity index (χ0) is 21.1. The Morgan fingerprint density at radius 2 is 1.25 bits per heavy atom. The summed E-state index contributed by atoms with van der Waals surface area (Å²) in [5, 5.41) is 28.9. The second-order valence-corrected chi connectivity index (χ2v) is 6.23. The number of hydrogen-bond donors (Lipinski definition) is 3. The van der Waals surface area contributed by atoms with Crippen molar-refractivity contribution in [3.63, 3.8) is 0 Å². The van der Waals surface area contributed by atoms with Crippen LogP contribution in [0.3, 0.4) is 0 Å². The van der Waals surface area contributed by atoms with E-state index in [0.717, 1.165) is 11.1 Å². The maximum Gasteiger partial charge on any atom is 0.360 e. The number of benzene rings is 2. The average Bonchev–Trinajstić information content (AvgIpc) is 2.65. The molecule has 1 unspecified atom stereocenters. The number of aliphatic hydroxyl groups is 1. The van der Waals surface area contributed by atoms with Crippen LogP contribution >= 0.6 is 0 Å². The predicted octanol–water partition coefficient (Wildman–Crippen LogP) is 1.61. The first kappa shape index (κ1) is 20.8. The van der Waals surface area contributed by atoms with E-state index in [0.29, 0.717) is 0 Å². The Labute approximate surface area is 160 Å². The summed E-state index contributed by atoms with van der Waals surface area (Å²) in [7, 11) is 0. The molecule has 2 atom stereocenters. The molecule has 146 valence electrons. The van der Waals surface area contributed by atoms with Crippen LogP contribution in [-0.2, 0) is 14.3 Å². The number of carbonyl (C=O) groups is 4. The van der Waals surface area contributed by atoms with Gasteiger partial charge in [-0.05, 0) is 26.0 Å². The number of ketones is 1. The first-order valence-electron chi connectivity index (χ1n) is 8.15. The molecule has 0 bridgehead atoms. The van der Waals surface area contributed by atoms with Crippen molar-refractivity contribution in [3.05, 3.63) is 70.8 Å². The average molecular weight is 386 g/mol. The lowest BCUT2D eigenvalue weighted by atomic mass is 9.86. The third-order valence-corrected chi connectivity index (χ3v) is 4.13. The molecule has 3 N–H and O–H groups in total. The molecule has 0 aliphatic heterocycles. The van der Waals surface area contributed by atoms with Gasteiger partial charge >= 0.3 is 23.5 Å². The number of carboxylic acids is 2. The van der Waals surface area contributed by atoms with Gasteiger partial charge in [0.1, 0.15) is 0 Å². The fraction of sp³-hybridized carbons (Fsp3) is 0.200. The molecule has 0 spiro atoms. The van der Waals surface area contributed by atoms with Crippen LogP contribution in [0, 0.1) is 13.8 Å². The number of hydrogen-bond acceptors (Lipinski definition) is 6. The van der Waals surface area contributed by atoms with Crippen molar-refractivity contribution in [3.8, 4) is 0 Å². The Bertz CT molecular complexity index is 914. The Kier molecular flexibility index (Phi) is 5.95. The third-order valence-electron chi connectivity index (χ3n) is 4.13. The molecule has 28 heavy (non-hydrogen) atoms. The van der Waals surface area contributed by atoms with E-state index in [1.54, 1.807) is 26.0 Å². The fourth-order valence-electron chi connectivity index (χ4n) is 2.47. The number of carbonyl (C=O) groups excluding carboxylic acids is 2. The lowest BCUT2D eigenvalue weighted by molar-refractivity contribution is -0.176. The number of ether oxygens (including phenoxy) is 1. The fourth-order valence-corrected chi connectivity index (χ4v) is 2.47. The molecule has 2 rings (SSSR count). The molecule has 0 radical (unpaired) electrons. The lowest BCUT2D eigenvalue weighted by Gasteiger charge is -2.30. The van der Waals surface area contributed by atoms with E-state index in [1.165, 1.54) is 36.4 Å². The topological polar surface area (TPSA) is 138 Å². The lowest BCUT2D eigenvalue weighted by Crippen LogP contribution is -2.61. The summed E-state index contributed by atoms with van der Waals surface area (Å²) in [4.78, 5) is 48.7. The van der Waals surface area contributed by atoms with Crippen molar-refractivity contribution in [2.75, 3.05) is 0 Å². The van der Waals surface area contributed by atoms with E-state index in [4.69, 9.17) is 9.84 Å². The molecular weight excluding hydrogens is 368 g/mol. The highest BCUT2D eigenvalue weighted by molar-refractivity contribution is 6.19. The molecule has 0 saturated heterocycles. The molecule has 2 aromatic rings. The minimum absolute atomic E-state index is 0.106. The van der Waals surface area contributed by atoms with Gasteiger partial charge in [-0.1, -0.05) is 47.5 Å². The van der Waals surface area contributed by atoms with E-state index in [2.05, 4.69) is 0 Å². The number of esters is 1. The van der Waals surface area contributed by atoms with Gasteiger partial charge in [0.25, 0.3) is 0 Å². The minimum atomic E-state index is -3.36. The number of aliphatic hydroxyl groups excluding tert-OH is 1. The van der Waals surface area contributed by atoms with E-state index in [-0.39, 0.29) is 11.1 Å². The molecule has 0 saturated carbocycles. The van der Waals surface area contributed by atoms with Crippen LogP contribution in [0.1, 0.15) is 31.8 Å². The summed E-state index contributed by atoms with van der Waals surface area (Å²) in [5.74, 6) is -6.76. The summed E-state index contributed by atoms with van der Waals surface area (Å²) >= 11 is 0. The molecule has 0 aliphatic rings. The third kappa shape index (κ3) is 3.91. The van der Waals surface area contributed by atoms with Gasteiger partial charge in [-0.25, -0.2) is 14.4 Å². The monoisotopic (exact) mass is 386 g/mol. The minimum Gasteiger partial charge on any atom is -0.479 e. The molecule has 0 fully saturated rings. The van der Waals surface area contributed by atoms with Crippen molar-refractivity contribution >= 4 is 23.7 Å². The Morgan fingerprint density at radius 1 is 0.821 bits per heavy atom. The zero-order valence-corrected chi connectivity index (χ0v) is 15.1. The number of Topliss-reactive ketones (excluding diaryl/α,β-unsaturated/α-hetero) is 1. The van der Waals surface area contributed by atoms with E-state index < -0.39 is 35.4 Å². The maximum absolute atomic E-state index is 12.9. The second-order valence-electron chi connectivity index (χ2n) is 6.23. The van der Waals surface area contributed by atoms with E-state index >= 15 is 0 Å². The van der Waals surface area contributed by atoms with Gasteiger partial charge in [-0.15, -0.1) is 0 Å². The van der Waals surface area contributed by atoms with Gasteiger partial charge in [0.2, 0.25) is 11.9 Å². The van der Waals surface area contributed by atoms with Crippen molar-refractivity contribution in [1.82, 2.24) is 0 Å². The summed E-state index contributed by atoms with van der Waals surface area (Å²) in [6.07, 6.45) is -2.83. The van der Waals surface area contributed by atoms with Crippen molar-refractivity contribution in [1.29, 1.82) is 0 Å². The smallest absolute Gasteiger partial charge is 0.360 e. The molecule has 0 aromatic heterocycles. The summed E-state index contributed by atoms with van der Waals surface area (Å²) < 4.78 is 4.88. The summed E-state index contributed by atoms with van der Waals surface area (Å²) in [6, 6.07) is 11.3. The number of rotatable bonds is 7. The van der Waals surface area contributed by atoms with Gasteiger partial charge < -0.3 is 20.1 Å². The van der Waals surface area contributed by atoms with Crippen molar-refractivity contribution in [2.24, 2.45) is 0 Å².